The van der Waals surface area contributed by atoms with Crippen molar-refractivity contribution < 1.29 is 0 Å². The summed E-state index contributed by atoms with van der Waals surface area (Å²) < 4.78 is 0. The van der Waals surface area contributed by atoms with Crippen molar-refractivity contribution in [2.24, 2.45) is 0 Å². The van der Waals surface area contributed by atoms with Crippen LogP contribution in [0.3, 0.4) is 0 Å². The summed E-state index contributed by atoms with van der Waals surface area (Å²) in [5, 5.41) is 0. The van der Waals surface area contributed by atoms with E-state index in [1.165, 1.54) is 17.6 Å². The van der Waals surface area contributed by atoms with Crippen molar-refractivity contribution in [2.45, 2.75) is 20.3 Å². The maximum Gasteiger partial charge on any atom is 0.0203 e. The van der Waals surface area contributed by atoms with Gasteiger partial charge in [-0.1, -0.05) is 56.5 Å². The molecule has 0 aromatic rings. The summed E-state index contributed by atoms with van der Waals surface area (Å²) in [6.07, 6.45) is 8.97. The quantitative estimate of drug-likeness (QED) is 0.348. The summed E-state index contributed by atoms with van der Waals surface area (Å²) in [5.74, 6) is 0. The second-order valence-electron chi connectivity index (χ2n) is 7.10. The number of nitrogens with zero attached hydrogens (tertiary/aromatic N) is 3. The van der Waals surface area contributed by atoms with E-state index in [-0.39, 0.29) is 0 Å². The van der Waals surface area contributed by atoms with Gasteiger partial charge in [-0.3, -0.25) is 9.80 Å². The van der Waals surface area contributed by atoms with Crippen LogP contribution >= 0.6 is 0 Å². The van der Waals surface area contributed by atoms with Gasteiger partial charge in [-0.15, -0.1) is 0 Å². The van der Waals surface area contributed by atoms with E-state index in [1.807, 2.05) is 12.2 Å². The van der Waals surface area contributed by atoms with E-state index in [1.54, 1.807) is 6.08 Å². The molecule has 0 aromatic heterocycles. The molecule has 0 aliphatic heterocycles. The zero-order chi connectivity index (χ0) is 19.2. The minimum absolute atomic E-state index is 0.919. The van der Waals surface area contributed by atoms with E-state index in [0.29, 0.717) is 0 Å². The third-order valence-corrected chi connectivity index (χ3v) is 3.82. The Kier molecular flexibility index (Phi) is 13.0. The lowest BCUT2D eigenvalue weighted by Gasteiger charge is -2.26. The van der Waals surface area contributed by atoms with Gasteiger partial charge in [0.05, 0.1) is 0 Å². The molecule has 0 N–H and O–H groups in total. The van der Waals surface area contributed by atoms with Crippen LogP contribution in [0.25, 0.3) is 0 Å². The van der Waals surface area contributed by atoms with Gasteiger partial charge in [-0.05, 0) is 52.2 Å². The molecule has 25 heavy (non-hydrogen) atoms. The Hall–Kier alpha value is -1.42. The van der Waals surface area contributed by atoms with Crippen molar-refractivity contribution in [2.75, 3.05) is 60.4 Å². The van der Waals surface area contributed by atoms with Gasteiger partial charge >= 0.3 is 0 Å². The van der Waals surface area contributed by atoms with Gasteiger partial charge in [0.15, 0.2) is 0 Å². The molecule has 0 fully saturated rings. The summed E-state index contributed by atoms with van der Waals surface area (Å²) >= 11 is 0. The molecular formula is C22H39N3. The van der Waals surface area contributed by atoms with Crippen molar-refractivity contribution in [3.8, 4) is 0 Å². The standard InChI is InChI=1S/C22H39N3/c1-9-12-22(11-3)16-20(4)17-24(8)18-21(5)19-25(13-10-2)15-14-23(6)7/h9,11-12,16H,1,3,5,10,13-15,17-19H2,2,4,6-8H3/b20-16+,22-12-. The van der Waals surface area contributed by atoms with Gasteiger partial charge in [-0.25, -0.2) is 0 Å². The molecule has 0 saturated carbocycles. The molecule has 142 valence electrons. The van der Waals surface area contributed by atoms with Gasteiger partial charge in [-0.2, -0.15) is 0 Å². The monoisotopic (exact) mass is 345 g/mol. The van der Waals surface area contributed by atoms with Crippen LogP contribution in [0.2, 0.25) is 0 Å². The predicted octanol–water partition coefficient (Wildman–Crippen LogP) is 3.99. The van der Waals surface area contributed by atoms with Crippen LogP contribution in [0, 0.1) is 0 Å². The normalized spacial score (nSPS) is 13.0. The highest BCUT2D eigenvalue weighted by Gasteiger charge is 2.09. The van der Waals surface area contributed by atoms with Crippen LogP contribution in [0.15, 0.2) is 60.8 Å². The summed E-state index contributed by atoms with van der Waals surface area (Å²) in [5.41, 5.74) is 3.67. The molecule has 0 aliphatic carbocycles. The minimum atomic E-state index is 0.919. The fourth-order valence-corrected chi connectivity index (χ4v) is 2.80. The Morgan fingerprint density at radius 3 is 2.16 bits per heavy atom. The number of rotatable bonds is 14. The Labute approximate surface area is 156 Å². The fraction of sp³-hybridized carbons (Fsp3) is 0.545. The maximum atomic E-state index is 4.30. The van der Waals surface area contributed by atoms with Crippen LogP contribution in [0.1, 0.15) is 20.3 Å². The van der Waals surface area contributed by atoms with Gasteiger partial charge < -0.3 is 4.90 Å². The number of hydrogen-bond acceptors (Lipinski definition) is 3. The first-order valence-corrected chi connectivity index (χ1v) is 9.16. The summed E-state index contributed by atoms with van der Waals surface area (Å²) in [7, 11) is 6.40. The highest BCUT2D eigenvalue weighted by Crippen LogP contribution is 2.07. The zero-order valence-corrected chi connectivity index (χ0v) is 17.2. The molecule has 0 saturated heterocycles. The molecular weight excluding hydrogens is 306 g/mol. The largest absolute Gasteiger partial charge is 0.308 e. The molecule has 0 unspecified atom stereocenters. The van der Waals surface area contributed by atoms with Crippen molar-refractivity contribution in [1.29, 1.82) is 0 Å². The molecule has 0 heterocycles. The number of hydrogen-bond donors (Lipinski definition) is 0. The first-order valence-electron chi connectivity index (χ1n) is 9.16. The van der Waals surface area contributed by atoms with Crippen LogP contribution < -0.4 is 0 Å². The first kappa shape index (κ1) is 23.6. The molecule has 0 bridgehead atoms. The van der Waals surface area contributed by atoms with Crippen LogP contribution in [0.5, 0.6) is 0 Å². The topological polar surface area (TPSA) is 9.72 Å². The molecule has 0 aromatic carbocycles. The molecule has 3 nitrogen and oxygen atoms in total. The van der Waals surface area contributed by atoms with Crippen LogP contribution in [0.4, 0.5) is 0 Å². The third kappa shape index (κ3) is 12.6. The Balaban J connectivity index is 4.51. The number of likely N-dealkylation sites (N-methyl/N-ethyl adjacent to an activating group) is 2. The van der Waals surface area contributed by atoms with Crippen molar-refractivity contribution >= 4 is 0 Å². The van der Waals surface area contributed by atoms with Gasteiger partial charge in [0.2, 0.25) is 0 Å². The second-order valence-corrected chi connectivity index (χ2v) is 7.10. The molecule has 0 amide bonds. The van der Waals surface area contributed by atoms with E-state index < -0.39 is 0 Å². The average molecular weight is 346 g/mol. The SMILES string of the molecule is C=C/C=C(C=C)\C=C(/C)CN(C)CC(=C)CN(CCC)CCN(C)C. The molecule has 0 radical (unpaired) electrons. The summed E-state index contributed by atoms with van der Waals surface area (Å²) in [6.45, 7) is 22.4. The summed E-state index contributed by atoms with van der Waals surface area (Å²) in [6, 6.07) is 0. The van der Waals surface area contributed by atoms with Crippen LogP contribution in [-0.4, -0.2) is 75.1 Å². The first-order chi connectivity index (χ1) is 11.8. The Morgan fingerprint density at radius 2 is 1.64 bits per heavy atom. The molecule has 0 spiro atoms. The number of allylic oxidation sites excluding steroid dienone is 5. The second kappa shape index (κ2) is 13.8. The zero-order valence-electron chi connectivity index (χ0n) is 17.2. The Morgan fingerprint density at radius 1 is 0.960 bits per heavy atom. The van der Waals surface area contributed by atoms with Gasteiger partial charge in [0, 0.05) is 32.7 Å². The van der Waals surface area contributed by atoms with Gasteiger partial charge in [0.1, 0.15) is 0 Å². The summed E-state index contributed by atoms with van der Waals surface area (Å²) in [4.78, 5) is 7.06. The van der Waals surface area contributed by atoms with E-state index in [0.717, 1.165) is 44.8 Å². The van der Waals surface area contributed by atoms with E-state index in [2.05, 4.69) is 75.5 Å². The fourth-order valence-electron chi connectivity index (χ4n) is 2.80. The molecule has 0 rings (SSSR count). The van der Waals surface area contributed by atoms with E-state index in [4.69, 9.17) is 0 Å². The average Bonchev–Trinajstić information content (AvgIpc) is 2.51. The third-order valence-electron chi connectivity index (χ3n) is 3.82. The Bertz CT molecular complexity index is 472. The van der Waals surface area contributed by atoms with E-state index >= 15 is 0 Å². The molecule has 3 heteroatoms. The van der Waals surface area contributed by atoms with Crippen molar-refractivity contribution in [3.63, 3.8) is 0 Å². The van der Waals surface area contributed by atoms with Gasteiger partial charge in [0.25, 0.3) is 0 Å². The van der Waals surface area contributed by atoms with Crippen LogP contribution in [-0.2, 0) is 0 Å². The highest BCUT2D eigenvalue weighted by atomic mass is 15.2. The highest BCUT2D eigenvalue weighted by molar-refractivity contribution is 5.34. The lowest BCUT2D eigenvalue weighted by atomic mass is 10.1. The van der Waals surface area contributed by atoms with Crippen molar-refractivity contribution in [1.82, 2.24) is 14.7 Å². The van der Waals surface area contributed by atoms with Crippen molar-refractivity contribution in [3.05, 3.63) is 60.8 Å². The maximum absolute atomic E-state index is 4.30. The molecule has 0 aliphatic rings. The lowest BCUT2D eigenvalue weighted by Crippen LogP contribution is -2.35. The molecule has 0 atom stereocenters. The lowest BCUT2D eigenvalue weighted by molar-refractivity contribution is 0.251. The smallest absolute Gasteiger partial charge is 0.0203 e. The van der Waals surface area contributed by atoms with E-state index in [9.17, 15) is 0 Å². The predicted molar refractivity (Wildman–Crippen MR) is 114 cm³/mol. The minimum Gasteiger partial charge on any atom is -0.308 e.